The molecular weight excluding hydrogens is 310 g/mol. The number of rotatable bonds is 6. The molecule has 5 heteroatoms. The average molecular weight is 333 g/mol. The van der Waals surface area contributed by atoms with Gasteiger partial charge in [-0.15, -0.1) is 0 Å². The summed E-state index contributed by atoms with van der Waals surface area (Å²) in [5.74, 6) is 1.48. The lowest BCUT2D eigenvalue weighted by Crippen LogP contribution is -2.14. The Morgan fingerprint density at radius 1 is 1.00 bits per heavy atom. The van der Waals surface area contributed by atoms with Crippen molar-refractivity contribution in [2.24, 2.45) is 11.5 Å². The standard InChI is InChI=1S/C20H23N5/c1-14-2-8-18-17(12-14)20(23-11-10-21)25-19(24-18)9-7-15-3-5-16(13-22)6-4-15/h2-9,12H,10-11,13,21-22H2,1H3,(H,23,24,25)/b9-7+. The second kappa shape index (κ2) is 7.88. The van der Waals surface area contributed by atoms with Gasteiger partial charge >= 0.3 is 0 Å². The normalized spacial score (nSPS) is 11.3. The molecule has 1 heterocycles. The van der Waals surface area contributed by atoms with E-state index in [9.17, 15) is 0 Å². The molecule has 0 unspecified atom stereocenters. The van der Waals surface area contributed by atoms with E-state index in [2.05, 4.69) is 34.3 Å². The van der Waals surface area contributed by atoms with Gasteiger partial charge in [-0.1, -0.05) is 42.0 Å². The Labute approximate surface area is 147 Å². The molecular formula is C20H23N5. The quantitative estimate of drug-likeness (QED) is 0.645. The summed E-state index contributed by atoms with van der Waals surface area (Å²) < 4.78 is 0. The van der Waals surface area contributed by atoms with Crippen molar-refractivity contribution in [2.75, 3.05) is 18.4 Å². The van der Waals surface area contributed by atoms with E-state index in [-0.39, 0.29) is 0 Å². The largest absolute Gasteiger partial charge is 0.368 e. The van der Waals surface area contributed by atoms with Crippen LogP contribution in [-0.2, 0) is 6.54 Å². The Morgan fingerprint density at radius 2 is 1.80 bits per heavy atom. The van der Waals surface area contributed by atoms with Gasteiger partial charge in [-0.2, -0.15) is 0 Å². The van der Waals surface area contributed by atoms with Crippen LogP contribution in [0.2, 0.25) is 0 Å². The minimum atomic E-state index is 0.549. The zero-order chi connectivity index (χ0) is 17.6. The van der Waals surface area contributed by atoms with E-state index in [4.69, 9.17) is 11.5 Å². The summed E-state index contributed by atoms with van der Waals surface area (Å²) in [6.45, 7) is 3.83. The Balaban J connectivity index is 1.94. The first-order valence-electron chi connectivity index (χ1n) is 8.39. The maximum absolute atomic E-state index is 5.63. The molecule has 0 atom stereocenters. The molecule has 5 nitrogen and oxygen atoms in total. The number of aromatic nitrogens is 2. The van der Waals surface area contributed by atoms with Crippen LogP contribution in [0.15, 0.2) is 42.5 Å². The molecule has 0 aliphatic rings. The first-order valence-corrected chi connectivity index (χ1v) is 8.39. The van der Waals surface area contributed by atoms with E-state index in [1.54, 1.807) is 0 Å². The Hall–Kier alpha value is -2.76. The first kappa shape index (κ1) is 17.1. The summed E-state index contributed by atoms with van der Waals surface area (Å²) in [4.78, 5) is 9.29. The van der Waals surface area contributed by atoms with Crippen LogP contribution in [0, 0.1) is 6.92 Å². The zero-order valence-corrected chi connectivity index (χ0v) is 14.4. The summed E-state index contributed by atoms with van der Waals surface area (Å²) in [6.07, 6.45) is 3.92. The molecule has 0 bridgehead atoms. The highest BCUT2D eigenvalue weighted by atomic mass is 15.0. The molecule has 0 amide bonds. The molecule has 0 saturated carbocycles. The number of nitrogens with two attached hydrogens (primary N) is 2. The SMILES string of the molecule is Cc1ccc2nc(/C=C/c3ccc(CN)cc3)nc(NCCN)c2c1. The number of fused-ring (bicyclic) bond motifs is 1. The molecule has 128 valence electrons. The number of nitrogens with zero attached hydrogens (tertiary/aromatic N) is 2. The van der Waals surface area contributed by atoms with Gasteiger partial charge in [-0.25, -0.2) is 9.97 Å². The molecule has 0 aliphatic carbocycles. The van der Waals surface area contributed by atoms with Crippen LogP contribution in [0.5, 0.6) is 0 Å². The van der Waals surface area contributed by atoms with Crippen LogP contribution >= 0.6 is 0 Å². The number of hydrogen-bond acceptors (Lipinski definition) is 5. The smallest absolute Gasteiger partial charge is 0.154 e. The van der Waals surface area contributed by atoms with Crippen LogP contribution in [0.4, 0.5) is 5.82 Å². The fourth-order valence-electron chi connectivity index (χ4n) is 2.60. The van der Waals surface area contributed by atoms with Crippen LogP contribution in [0.3, 0.4) is 0 Å². The summed E-state index contributed by atoms with van der Waals surface area (Å²) >= 11 is 0. The van der Waals surface area contributed by atoms with Crippen molar-refractivity contribution in [3.8, 4) is 0 Å². The van der Waals surface area contributed by atoms with E-state index in [0.29, 0.717) is 25.5 Å². The maximum atomic E-state index is 5.63. The van der Waals surface area contributed by atoms with Gasteiger partial charge in [-0.05, 0) is 36.3 Å². The van der Waals surface area contributed by atoms with Crippen molar-refractivity contribution in [3.63, 3.8) is 0 Å². The van der Waals surface area contributed by atoms with Crippen molar-refractivity contribution < 1.29 is 0 Å². The number of nitrogens with one attached hydrogen (secondary N) is 1. The lowest BCUT2D eigenvalue weighted by molar-refractivity contribution is 1.01. The molecule has 0 spiro atoms. The lowest BCUT2D eigenvalue weighted by Gasteiger charge is -2.09. The predicted molar refractivity (Wildman–Crippen MR) is 105 cm³/mol. The Morgan fingerprint density at radius 3 is 2.52 bits per heavy atom. The highest BCUT2D eigenvalue weighted by molar-refractivity contribution is 5.90. The van der Waals surface area contributed by atoms with Crippen molar-refractivity contribution in [2.45, 2.75) is 13.5 Å². The summed E-state index contributed by atoms with van der Waals surface area (Å²) in [7, 11) is 0. The van der Waals surface area contributed by atoms with E-state index >= 15 is 0 Å². The fraction of sp³-hybridized carbons (Fsp3) is 0.200. The third kappa shape index (κ3) is 4.21. The second-order valence-electron chi connectivity index (χ2n) is 5.95. The number of anilines is 1. The van der Waals surface area contributed by atoms with Gasteiger partial charge in [0, 0.05) is 25.0 Å². The van der Waals surface area contributed by atoms with Gasteiger partial charge in [-0.3, -0.25) is 0 Å². The average Bonchev–Trinajstić information content (AvgIpc) is 2.65. The third-order valence-corrected chi connectivity index (χ3v) is 3.95. The van der Waals surface area contributed by atoms with Gasteiger partial charge in [0.05, 0.1) is 5.52 Å². The predicted octanol–water partition coefficient (Wildman–Crippen LogP) is 2.94. The molecule has 2 aromatic carbocycles. The fourth-order valence-corrected chi connectivity index (χ4v) is 2.60. The van der Waals surface area contributed by atoms with Gasteiger partial charge < -0.3 is 16.8 Å². The van der Waals surface area contributed by atoms with E-state index in [0.717, 1.165) is 27.8 Å². The molecule has 0 aliphatic heterocycles. The summed E-state index contributed by atoms with van der Waals surface area (Å²) in [5.41, 5.74) is 15.5. The second-order valence-corrected chi connectivity index (χ2v) is 5.95. The molecule has 3 aromatic rings. The van der Waals surface area contributed by atoms with Crippen molar-refractivity contribution in [1.29, 1.82) is 0 Å². The number of benzene rings is 2. The number of aryl methyl sites for hydroxylation is 1. The van der Waals surface area contributed by atoms with E-state index in [1.807, 2.05) is 42.5 Å². The van der Waals surface area contributed by atoms with Crippen molar-refractivity contribution >= 4 is 28.9 Å². The molecule has 0 fully saturated rings. The maximum Gasteiger partial charge on any atom is 0.154 e. The van der Waals surface area contributed by atoms with Crippen LogP contribution in [0.25, 0.3) is 23.1 Å². The minimum absolute atomic E-state index is 0.549. The molecule has 25 heavy (non-hydrogen) atoms. The van der Waals surface area contributed by atoms with Gasteiger partial charge in [0.1, 0.15) is 5.82 Å². The highest BCUT2D eigenvalue weighted by Gasteiger charge is 2.06. The molecule has 0 radical (unpaired) electrons. The van der Waals surface area contributed by atoms with Gasteiger partial charge in [0.15, 0.2) is 5.82 Å². The Bertz CT molecular complexity index is 884. The van der Waals surface area contributed by atoms with E-state index < -0.39 is 0 Å². The number of hydrogen-bond donors (Lipinski definition) is 3. The van der Waals surface area contributed by atoms with E-state index in [1.165, 1.54) is 5.56 Å². The topological polar surface area (TPSA) is 89.8 Å². The van der Waals surface area contributed by atoms with Crippen LogP contribution in [0.1, 0.15) is 22.5 Å². The van der Waals surface area contributed by atoms with Crippen LogP contribution < -0.4 is 16.8 Å². The summed E-state index contributed by atoms with van der Waals surface area (Å²) in [5, 5.41) is 4.31. The van der Waals surface area contributed by atoms with Crippen molar-refractivity contribution in [1.82, 2.24) is 9.97 Å². The zero-order valence-electron chi connectivity index (χ0n) is 14.4. The monoisotopic (exact) mass is 333 g/mol. The van der Waals surface area contributed by atoms with Crippen molar-refractivity contribution in [3.05, 3.63) is 65.0 Å². The summed E-state index contributed by atoms with van der Waals surface area (Å²) in [6, 6.07) is 14.3. The molecule has 3 rings (SSSR count). The van der Waals surface area contributed by atoms with Crippen LogP contribution in [-0.4, -0.2) is 23.1 Å². The highest BCUT2D eigenvalue weighted by Crippen LogP contribution is 2.22. The third-order valence-electron chi connectivity index (χ3n) is 3.95. The molecule has 1 aromatic heterocycles. The first-order chi connectivity index (χ1) is 12.2. The molecule has 5 N–H and O–H groups in total. The minimum Gasteiger partial charge on any atom is -0.368 e. The van der Waals surface area contributed by atoms with Gasteiger partial charge in [0.25, 0.3) is 0 Å². The Kier molecular flexibility index (Phi) is 5.38. The molecule has 0 saturated heterocycles. The van der Waals surface area contributed by atoms with Gasteiger partial charge in [0.2, 0.25) is 0 Å². The lowest BCUT2D eigenvalue weighted by atomic mass is 10.1.